The molecule has 1 N–H and O–H groups in total. The topological polar surface area (TPSA) is 82.7 Å². The molecule has 0 fully saturated rings. The van der Waals surface area contributed by atoms with Gasteiger partial charge in [0.05, 0.1) is 25.0 Å². The number of nitrogens with zero attached hydrogens (tertiary/aromatic N) is 1. The highest BCUT2D eigenvalue weighted by molar-refractivity contribution is 5.96. The van der Waals surface area contributed by atoms with E-state index in [4.69, 9.17) is 13.9 Å². The molecular weight excluding hydrogens is 372 g/mol. The Labute approximate surface area is 169 Å². The summed E-state index contributed by atoms with van der Waals surface area (Å²) in [5.74, 6) is 0.570. The van der Waals surface area contributed by atoms with Crippen molar-refractivity contribution in [2.75, 3.05) is 18.5 Å². The highest BCUT2D eigenvalue weighted by Crippen LogP contribution is 2.19. The predicted octanol–water partition coefficient (Wildman–Crippen LogP) is 3.94. The number of aryl methyl sites for hydroxylation is 1. The number of esters is 1. The summed E-state index contributed by atoms with van der Waals surface area (Å²) < 4.78 is 17.9. The van der Waals surface area contributed by atoms with Gasteiger partial charge >= 0.3 is 5.97 Å². The molecule has 0 radical (unpaired) electrons. The van der Waals surface area contributed by atoms with Gasteiger partial charge in [-0.3, -0.25) is 4.79 Å². The van der Waals surface area contributed by atoms with Crippen LogP contribution in [0.5, 0.6) is 5.75 Å². The summed E-state index contributed by atoms with van der Waals surface area (Å²) in [6, 6.07) is 12.4. The second kappa shape index (κ2) is 9.14. The molecule has 29 heavy (non-hydrogen) atoms. The second-order valence-electron chi connectivity index (χ2n) is 6.53. The van der Waals surface area contributed by atoms with Gasteiger partial charge in [0.2, 0.25) is 0 Å². The van der Waals surface area contributed by atoms with Crippen molar-refractivity contribution in [3.8, 4) is 5.75 Å². The lowest BCUT2D eigenvalue weighted by atomic mass is 10.2. The van der Waals surface area contributed by atoms with E-state index in [-0.39, 0.29) is 6.61 Å². The molecule has 7 heteroatoms. The molecule has 152 valence electrons. The number of anilines is 1. The molecule has 0 aliphatic heterocycles. The summed E-state index contributed by atoms with van der Waals surface area (Å²) >= 11 is 0. The van der Waals surface area contributed by atoms with Crippen LogP contribution in [0.25, 0.3) is 0 Å². The number of ether oxygens (including phenoxy) is 2. The fraction of sp³-hybridized carbons (Fsp3) is 0.273. The largest absolute Gasteiger partial charge is 0.494 e. The van der Waals surface area contributed by atoms with Crippen LogP contribution in [-0.2, 0) is 16.1 Å². The van der Waals surface area contributed by atoms with Crippen molar-refractivity contribution >= 4 is 17.6 Å². The first-order valence-corrected chi connectivity index (χ1v) is 9.37. The minimum atomic E-state index is -0.536. The molecule has 1 amide bonds. The smallest absolute Gasteiger partial charge is 0.340 e. The van der Waals surface area contributed by atoms with Gasteiger partial charge in [0, 0.05) is 17.1 Å². The summed E-state index contributed by atoms with van der Waals surface area (Å²) in [6.45, 7) is 6.38. The van der Waals surface area contributed by atoms with E-state index in [0.717, 1.165) is 22.9 Å². The number of benzene rings is 1. The van der Waals surface area contributed by atoms with Gasteiger partial charge < -0.3 is 23.8 Å². The molecule has 0 aliphatic carbocycles. The first-order valence-electron chi connectivity index (χ1n) is 9.37. The Morgan fingerprint density at radius 1 is 1.14 bits per heavy atom. The quantitative estimate of drug-likeness (QED) is 0.583. The van der Waals surface area contributed by atoms with E-state index in [9.17, 15) is 9.59 Å². The van der Waals surface area contributed by atoms with Crippen LogP contribution < -0.4 is 10.1 Å². The van der Waals surface area contributed by atoms with Crippen LogP contribution in [0.3, 0.4) is 0 Å². The van der Waals surface area contributed by atoms with Gasteiger partial charge in [0.15, 0.2) is 6.61 Å². The molecule has 1 aromatic carbocycles. The molecule has 0 saturated carbocycles. The average Bonchev–Trinajstić information content (AvgIpc) is 3.32. The van der Waals surface area contributed by atoms with Crippen molar-refractivity contribution in [1.29, 1.82) is 0 Å². The molecule has 0 aliphatic rings. The van der Waals surface area contributed by atoms with Crippen molar-refractivity contribution in [3.05, 3.63) is 71.4 Å². The minimum absolute atomic E-state index is 0.367. The summed E-state index contributed by atoms with van der Waals surface area (Å²) in [6.07, 6.45) is 1.61. The monoisotopic (exact) mass is 396 g/mol. The Bertz CT molecular complexity index is 972. The third-order valence-electron chi connectivity index (χ3n) is 4.47. The lowest BCUT2D eigenvalue weighted by Gasteiger charge is -2.09. The highest BCUT2D eigenvalue weighted by atomic mass is 16.5. The number of amides is 1. The minimum Gasteiger partial charge on any atom is -0.494 e. The van der Waals surface area contributed by atoms with Crippen LogP contribution in [0.1, 0.15) is 34.4 Å². The zero-order valence-corrected chi connectivity index (χ0v) is 16.7. The number of carbonyl (C=O) groups excluding carboxylic acids is 2. The second-order valence-corrected chi connectivity index (χ2v) is 6.53. The first kappa shape index (κ1) is 20.3. The van der Waals surface area contributed by atoms with Crippen LogP contribution in [0, 0.1) is 13.8 Å². The van der Waals surface area contributed by atoms with E-state index < -0.39 is 11.9 Å². The number of rotatable bonds is 8. The van der Waals surface area contributed by atoms with Crippen LogP contribution in [0.15, 0.2) is 53.1 Å². The SMILES string of the molecule is CCOc1ccc(NC(=O)COC(=O)c2cc(C)n(Cc3ccco3)c2C)cc1. The van der Waals surface area contributed by atoms with Crippen LogP contribution >= 0.6 is 0 Å². The van der Waals surface area contributed by atoms with Gasteiger partial charge in [-0.1, -0.05) is 0 Å². The molecule has 7 nitrogen and oxygen atoms in total. The van der Waals surface area contributed by atoms with E-state index in [0.29, 0.717) is 24.4 Å². The van der Waals surface area contributed by atoms with E-state index in [1.54, 1.807) is 36.6 Å². The maximum absolute atomic E-state index is 12.5. The van der Waals surface area contributed by atoms with E-state index >= 15 is 0 Å². The normalized spacial score (nSPS) is 10.6. The Morgan fingerprint density at radius 3 is 2.55 bits per heavy atom. The van der Waals surface area contributed by atoms with Crippen molar-refractivity contribution in [1.82, 2.24) is 4.57 Å². The zero-order valence-electron chi connectivity index (χ0n) is 16.7. The van der Waals surface area contributed by atoms with Crippen LogP contribution in [0.4, 0.5) is 5.69 Å². The number of furan rings is 1. The summed E-state index contributed by atoms with van der Waals surface area (Å²) in [5, 5.41) is 2.69. The molecular formula is C22H24N2O5. The van der Waals surface area contributed by atoms with Gasteiger partial charge in [-0.05, 0) is 63.2 Å². The van der Waals surface area contributed by atoms with Crippen LogP contribution in [0.2, 0.25) is 0 Å². The maximum atomic E-state index is 12.5. The third kappa shape index (κ3) is 5.07. The van der Waals surface area contributed by atoms with Crippen molar-refractivity contribution in [3.63, 3.8) is 0 Å². The molecule has 2 heterocycles. The number of hydrogen-bond donors (Lipinski definition) is 1. The predicted molar refractivity (Wildman–Crippen MR) is 108 cm³/mol. The standard InChI is InChI=1S/C22H24N2O5/c1-4-27-18-9-7-17(8-10-18)23-21(25)14-29-22(26)20-12-15(2)24(16(20)3)13-19-6-5-11-28-19/h5-12H,4,13-14H2,1-3H3,(H,23,25). The van der Waals surface area contributed by atoms with E-state index in [1.807, 2.05) is 37.5 Å². The van der Waals surface area contributed by atoms with Crippen molar-refractivity contribution < 1.29 is 23.5 Å². The van der Waals surface area contributed by atoms with Gasteiger partial charge in [0.25, 0.3) is 5.91 Å². The van der Waals surface area contributed by atoms with E-state index in [2.05, 4.69) is 5.32 Å². The molecule has 0 unspecified atom stereocenters. The van der Waals surface area contributed by atoms with Gasteiger partial charge in [-0.25, -0.2) is 4.79 Å². The maximum Gasteiger partial charge on any atom is 0.340 e. The van der Waals surface area contributed by atoms with E-state index in [1.165, 1.54) is 0 Å². The average molecular weight is 396 g/mol. The molecule has 0 atom stereocenters. The van der Waals surface area contributed by atoms with Gasteiger partial charge in [0.1, 0.15) is 11.5 Å². The molecule has 0 bridgehead atoms. The van der Waals surface area contributed by atoms with Gasteiger partial charge in [-0.15, -0.1) is 0 Å². The third-order valence-corrected chi connectivity index (χ3v) is 4.47. The fourth-order valence-corrected chi connectivity index (χ4v) is 3.02. The Balaban J connectivity index is 1.57. The number of aromatic nitrogens is 1. The molecule has 3 rings (SSSR count). The summed E-state index contributed by atoms with van der Waals surface area (Å²) in [4.78, 5) is 24.5. The summed E-state index contributed by atoms with van der Waals surface area (Å²) in [5.41, 5.74) is 2.70. The lowest BCUT2D eigenvalue weighted by molar-refractivity contribution is -0.119. The number of nitrogens with one attached hydrogen (secondary N) is 1. The Kier molecular flexibility index (Phi) is 6.39. The number of hydrogen-bond acceptors (Lipinski definition) is 5. The first-order chi connectivity index (χ1) is 14.0. The molecule has 0 spiro atoms. The van der Waals surface area contributed by atoms with Crippen molar-refractivity contribution in [2.45, 2.75) is 27.3 Å². The van der Waals surface area contributed by atoms with Gasteiger partial charge in [-0.2, -0.15) is 0 Å². The number of carbonyl (C=O) groups is 2. The Hall–Kier alpha value is -3.48. The molecule has 3 aromatic rings. The van der Waals surface area contributed by atoms with Crippen LogP contribution in [-0.4, -0.2) is 29.7 Å². The molecule has 2 aromatic heterocycles. The van der Waals surface area contributed by atoms with Crippen molar-refractivity contribution in [2.24, 2.45) is 0 Å². The lowest BCUT2D eigenvalue weighted by Crippen LogP contribution is -2.21. The highest BCUT2D eigenvalue weighted by Gasteiger charge is 2.18. The Morgan fingerprint density at radius 2 is 1.90 bits per heavy atom. The molecule has 0 saturated heterocycles. The fourth-order valence-electron chi connectivity index (χ4n) is 3.02. The summed E-state index contributed by atoms with van der Waals surface area (Å²) in [7, 11) is 0. The zero-order chi connectivity index (χ0) is 20.8.